The van der Waals surface area contributed by atoms with Crippen LogP contribution in [0.5, 0.6) is 0 Å². The number of nitrogens with one attached hydrogen (secondary N) is 1. The number of carbonyl (C=O) groups excluding carboxylic acids is 1. The number of fused-ring (bicyclic) bond motifs is 1. The van der Waals surface area contributed by atoms with Gasteiger partial charge < -0.3 is 15.2 Å². The average Bonchev–Trinajstić information content (AvgIpc) is 2.84. The van der Waals surface area contributed by atoms with Crippen molar-refractivity contribution in [2.45, 2.75) is 25.5 Å². The number of aryl methyl sites for hydroxylation is 1. The molecule has 0 radical (unpaired) electrons. The number of carbonyl (C=O) groups is 1. The summed E-state index contributed by atoms with van der Waals surface area (Å²) in [5.41, 5.74) is 2.32. The van der Waals surface area contributed by atoms with Gasteiger partial charge >= 0.3 is 0 Å². The van der Waals surface area contributed by atoms with Crippen molar-refractivity contribution in [3.05, 3.63) is 35.7 Å². The molecule has 0 spiro atoms. The molecule has 20 heavy (non-hydrogen) atoms. The molecule has 3 heterocycles. The molecule has 6 nitrogen and oxygen atoms in total. The fraction of sp³-hybridized carbons (Fsp3) is 0.429. The van der Waals surface area contributed by atoms with Crippen molar-refractivity contribution in [2.75, 3.05) is 13.2 Å². The first-order valence-corrected chi connectivity index (χ1v) is 6.66. The van der Waals surface area contributed by atoms with Crippen LogP contribution in [-0.4, -0.2) is 46.0 Å². The highest BCUT2D eigenvalue weighted by molar-refractivity contribution is 6.00. The molecule has 2 aromatic heterocycles. The second kappa shape index (κ2) is 5.22. The van der Waals surface area contributed by atoms with E-state index in [0.717, 1.165) is 11.1 Å². The Morgan fingerprint density at radius 2 is 2.40 bits per heavy atom. The van der Waals surface area contributed by atoms with E-state index < -0.39 is 6.10 Å². The van der Waals surface area contributed by atoms with E-state index in [1.54, 1.807) is 10.7 Å². The second-order valence-electron chi connectivity index (χ2n) is 5.11. The minimum Gasteiger partial charge on any atom is -0.391 e. The van der Waals surface area contributed by atoms with E-state index >= 15 is 0 Å². The second-order valence-corrected chi connectivity index (χ2v) is 5.11. The Labute approximate surface area is 116 Å². The van der Waals surface area contributed by atoms with Crippen molar-refractivity contribution in [1.82, 2.24) is 14.9 Å². The van der Waals surface area contributed by atoms with E-state index in [1.165, 1.54) is 0 Å². The summed E-state index contributed by atoms with van der Waals surface area (Å²) in [6.07, 6.45) is 3.39. The highest BCUT2D eigenvalue weighted by Crippen LogP contribution is 2.13. The number of nitrogens with zero attached hydrogens (tertiary/aromatic N) is 2. The SMILES string of the molecule is Cc1ccc2c(C(=O)N[C@@H]3COCC[C@H]3O)cnn2c1. The van der Waals surface area contributed by atoms with Gasteiger partial charge in [-0.1, -0.05) is 6.07 Å². The monoisotopic (exact) mass is 275 g/mol. The smallest absolute Gasteiger partial charge is 0.255 e. The summed E-state index contributed by atoms with van der Waals surface area (Å²) in [6.45, 7) is 2.84. The minimum atomic E-state index is -0.559. The van der Waals surface area contributed by atoms with E-state index in [4.69, 9.17) is 4.74 Å². The van der Waals surface area contributed by atoms with Gasteiger partial charge in [-0.3, -0.25) is 4.79 Å². The maximum Gasteiger partial charge on any atom is 0.255 e. The van der Waals surface area contributed by atoms with Crippen LogP contribution in [0.25, 0.3) is 5.52 Å². The molecule has 1 aliphatic rings. The third kappa shape index (κ3) is 2.39. The van der Waals surface area contributed by atoms with Gasteiger partial charge in [-0.05, 0) is 25.0 Å². The summed E-state index contributed by atoms with van der Waals surface area (Å²) < 4.78 is 6.96. The number of pyridine rings is 1. The summed E-state index contributed by atoms with van der Waals surface area (Å²) in [4.78, 5) is 12.3. The lowest BCUT2D eigenvalue weighted by atomic mass is 10.1. The van der Waals surface area contributed by atoms with Crippen molar-refractivity contribution < 1.29 is 14.6 Å². The quantitative estimate of drug-likeness (QED) is 0.838. The van der Waals surface area contributed by atoms with Crippen LogP contribution in [0.4, 0.5) is 0 Å². The molecule has 1 amide bonds. The summed E-state index contributed by atoms with van der Waals surface area (Å²) in [5, 5.41) is 16.8. The normalized spacial score (nSPS) is 22.9. The van der Waals surface area contributed by atoms with Gasteiger partial charge in [-0.25, -0.2) is 4.52 Å². The summed E-state index contributed by atoms with van der Waals surface area (Å²) in [6, 6.07) is 3.44. The Bertz CT molecular complexity index is 638. The molecule has 3 rings (SSSR count). The number of aliphatic hydroxyl groups excluding tert-OH is 1. The van der Waals surface area contributed by atoms with Crippen LogP contribution in [0, 0.1) is 6.92 Å². The Morgan fingerprint density at radius 3 is 3.20 bits per heavy atom. The Kier molecular flexibility index (Phi) is 3.42. The zero-order chi connectivity index (χ0) is 14.1. The highest BCUT2D eigenvalue weighted by Gasteiger charge is 2.26. The molecule has 0 aromatic carbocycles. The van der Waals surface area contributed by atoms with Gasteiger partial charge in [0.1, 0.15) is 0 Å². The topological polar surface area (TPSA) is 75.9 Å². The van der Waals surface area contributed by atoms with Crippen molar-refractivity contribution in [1.29, 1.82) is 0 Å². The number of hydrogen-bond acceptors (Lipinski definition) is 4. The largest absolute Gasteiger partial charge is 0.391 e. The third-order valence-electron chi connectivity index (χ3n) is 3.54. The van der Waals surface area contributed by atoms with Crippen molar-refractivity contribution >= 4 is 11.4 Å². The summed E-state index contributed by atoms with van der Waals surface area (Å²) in [5.74, 6) is -0.238. The molecule has 2 aromatic rings. The Morgan fingerprint density at radius 1 is 1.55 bits per heavy atom. The molecule has 1 fully saturated rings. The first kappa shape index (κ1) is 13.1. The average molecular weight is 275 g/mol. The van der Waals surface area contributed by atoms with Crippen LogP contribution in [0.1, 0.15) is 22.3 Å². The van der Waals surface area contributed by atoms with Gasteiger partial charge in [0.2, 0.25) is 0 Å². The van der Waals surface area contributed by atoms with Crippen molar-refractivity contribution in [3.8, 4) is 0 Å². The molecule has 2 N–H and O–H groups in total. The van der Waals surface area contributed by atoms with Gasteiger partial charge in [-0.15, -0.1) is 0 Å². The molecule has 0 unspecified atom stereocenters. The van der Waals surface area contributed by atoms with Crippen molar-refractivity contribution in [3.63, 3.8) is 0 Å². The van der Waals surface area contributed by atoms with E-state index in [9.17, 15) is 9.90 Å². The number of ether oxygens (including phenoxy) is 1. The fourth-order valence-electron chi connectivity index (χ4n) is 2.37. The maximum absolute atomic E-state index is 12.3. The zero-order valence-corrected chi connectivity index (χ0v) is 11.2. The third-order valence-corrected chi connectivity index (χ3v) is 3.54. The lowest BCUT2D eigenvalue weighted by molar-refractivity contribution is -0.0139. The molecule has 1 aliphatic heterocycles. The number of aromatic nitrogens is 2. The lowest BCUT2D eigenvalue weighted by Gasteiger charge is -2.28. The van der Waals surface area contributed by atoms with Crippen LogP contribution in [0.2, 0.25) is 0 Å². The fourth-order valence-corrected chi connectivity index (χ4v) is 2.37. The highest BCUT2D eigenvalue weighted by atomic mass is 16.5. The lowest BCUT2D eigenvalue weighted by Crippen LogP contribution is -2.49. The van der Waals surface area contributed by atoms with Gasteiger partial charge in [-0.2, -0.15) is 5.10 Å². The Hall–Kier alpha value is -1.92. The van der Waals surface area contributed by atoms with Crippen LogP contribution in [-0.2, 0) is 4.74 Å². The standard InChI is InChI=1S/C14H17N3O3/c1-9-2-3-12-10(6-15-17(12)7-9)14(19)16-11-8-20-5-4-13(11)18/h2-3,6-7,11,13,18H,4-5,8H2,1H3,(H,16,19)/t11-,13-/m1/s1. The van der Waals surface area contributed by atoms with Crippen molar-refractivity contribution in [2.24, 2.45) is 0 Å². The summed E-state index contributed by atoms with van der Waals surface area (Å²) in [7, 11) is 0. The van der Waals surface area contributed by atoms with Crippen LogP contribution < -0.4 is 5.32 Å². The summed E-state index contributed by atoms with van der Waals surface area (Å²) >= 11 is 0. The molecule has 2 atom stereocenters. The molecular weight excluding hydrogens is 258 g/mol. The number of rotatable bonds is 2. The van der Waals surface area contributed by atoms with Gasteiger partial charge in [0, 0.05) is 12.8 Å². The van der Waals surface area contributed by atoms with E-state index in [0.29, 0.717) is 25.2 Å². The van der Waals surface area contributed by atoms with Crippen LogP contribution in [0.3, 0.4) is 0 Å². The Balaban J connectivity index is 1.82. The molecule has 1 saturated heterocycles. The molecule has 0 saturated carbocycles. The molecule has 0 aliphatic carbocycles. The van der Waals surface area contributed by atoms with Gasteiger partial charge in [0.25, 0.3) is 5.91 Å². The van der Waals surface area contributed by atoms with Crippen LogP contribution in [0.15, 0.2) is 24.5 Å². The maximum atomic E-state index is 12.3. The molecule has 106 valence electrons. The van der Waals surface area contributed by atoms with Gasteiger partial charge in [0.15, 0.2) is 0 Å². The van der Waals surface area contributed by atoms with Gasteiger partial charge in [0.05, 0.1) is 36.0 Å². The van der Waals surface area contributed by atoms with Crippen LogP contribution >= 0.6 is 0 Å². The minimum absolute atomic E-state index is 0.238. The van der Waals surface area contributed by atoms with E-state index in [1.807, 2.05) is 25.3 Å². The zero-order valence-electron chi connectivity index (χ0n) is 11.2. The number of amides is 1. The predicted octanol–water partition coefficient (Wildman–Crippen LogP) is 0.522. The first-order valence-electron chi connectivity index (χ1n) is 6.66. The number of hydrogen-bond donors (Lipinski definition) is 2. The van der Waals surface area contributed by atoms with E-state index in [2.05, 4.69) is 10.4 Å². The first-order chi connectivity index (χ1) is 9.65. The molecule has 0 bridgehead atoms. The molecular formula is C14H17N3O3. The van der Waals surface area contributed by atoms with E-state index in [-0.39, 0.29) is 11.9 Å². The predicted molar refractivity (Wildman–Crippen MR) is 72.6 cm³/mol. The molecule has 6 heteroatoms. The number of aliphatic hydroxyl groups is 1.